The van der Waals surface area contributed by atoms with Crippen LogP contribution in [0.25, 0.3) is 0 Å². The Kier molecular flexibility index (Phi) is 12.2. The van der Waals surface area contributed by atoms with Gasteiger partial charge in [-0.15, -0.1) is 5.56 Å². The van der Waals surface area contributed by atoms with Crippen molar-refractivity contribution in [1.29, 1.82) is 0 Å². The number of carbonyl (C=O) groups is 1. The van der Waals surface area contributed by atoms with Gasteiger partial charge in [-0.2, -0.15) is 12.1 Å². The van der Waals surface area contributed by atoms with E-state index < -0.39 is 5.60 Å². The van der Waals surface area contributed by atoms with E-state index in [-0.39, 0.29) is 22.8 Å². The number of rotatable bonds is 1. The molecule has 0 bridgehead atoms. The third-order valence-electron chi connectivity index (χ3n) is 1.92. The van der Waals surface area contributed by atoms with Crippen LogP contribution in [0.3, 0.4) is 0 Å². The molecule has 0 heterocycles. The summed E-state index contributed by atoms with van der Waals surface area (Å²) in [5.41, 5.74) is 0.297. The Labute approximate surface area is 124 Å². The van der Waals surface area contributed by atoms with Crippen molar-refractivity contribution in [2.24, 2.45) is 0 Å². The maximum atomic E-state index is 9.38. The smallest absolute Gasteiger partial charge is 0.208 e. The second-order valence-corrected chi connectivity index (χ2v) is 3.96. The molecule has 0 saturated heterocycles. The van der Waals surface area contributed by atoms with Gasteiger partial charge in [0, 0.05) is 22.7 Å². The quantitative estimate of drug-likeness (QED) is 0.379. The van der Waals surface area contributed by atoms with Crippen LogP contribution in [-0.2, 0) is 27.5 Å². The van der Waals surface area contributed by atoms with Crippen LogP contribution in [0.1, 0.15) is 19.4 Å². The van der Waals surface area contributed by atoms with Crippen molar-refractivity contribution in [2.45, 2.75) is 19.4 Å². The summed E-state index contributed by atoms with van der Waals surface area (Å²) in [5.74, 6) is 0.222. The van der Waals surface area contributed by atoms with E-state index in [1.807, 2.05) is 54.6 Å². The molecule has 2 rings (SSSR count). The van der Waals surface area contributed by atoms with Crippen LogP contribution in [0.15, 0.2) is 54.6 Å². The van der Waals surface area contributed by atoms with Crippen molar-refractivity contribution in [3.8, 4) is 0 Å². The number of aliphatic hydroxyl groups is 1. The fourth-order valence-corrected chi connectivity index (χ4v) is 1.10. The molecule has 0 radical (unpaired) electrons. The molecule has 0 fully saturated rings. The molecule has 0 atom stereocenters. The van der Waals surface area contributed by atoms with E-state index in [1.165, 1.54) is 0 Å². The molecule has 0 aliphatic heterocycles. The molecule has 0 saturated carbocycles. The van der Waals surface area contributed by atoms with Gasteiger partial charge < -0.3 is 35.4 Å². The minimum Gasteiger partial charge on any atom is -0.748 e. The Morgan fingerprint density at radius 3 is 1.56 bits per heavy atom. The number of carbonyl (C=O) groups excluding carboxylic acids is 1. The maximum Gasteiger partial charge on any atom is 0.208 e. The first kappa shape index (κ1) is 19.5. The second-order valence-electron chi connectivity index (χ2n) is 3.78. The third-order valence-corrected chi connectivity index (χ3v) is 1.92. The zero-order valence-electron chi connectivity index (χ0n) is 10.4. The average Bonchev–Trinajstić information content (AvgIpc) is 2.95. The van der Waals surface area contributed by atoms with Crippen molar-refractivity contribution in [2.75, 3.05) is 0 Å². The van der Waals surface area contributed by atoms with Gasteiger partial charge >= 0.3 is 0 Å². The van der Waals surface area contributed by atoms with Crippen molar-refractivity contribution in [1.82, 2.24) is 0 Å². The van der Waals surface area contributed by atoms with Crippen LogP contribution in [0, 0.1) is 0 Å². The number of hydrogen-bond acceptors (Lipinski definition) is 2. The van der Waals surface area contributed by atoms with Gasteiger partial charge in [-0.05, 0) is 25.4 Å². The molecular formula is C14H17ClFeO2-6. The van der Waals surface area contributed by atoms with E-state index in [4.69, 9.17) is 4.79 Å². The van der Waals surface area contributed by atoms with E-state index in [0.29, 0.717) is 0 Å². The first-order valence-electron chi connectivity index (χ1n) is 5.17. The molecule has 2 nitrogen and oxygen atoms in total. The van der Waals surface area contributed by atoms with E-state index in [0.717, 1.165) is 5.56 Å². The molecule has 0 unspecified atom stereocenters. The zero-order chi connectivity index (χ0) is 13.1. The van der Waals surface area contributed by atoms with E-state index in [1.54, 1.807) is 13.8 Å². The normalized spacial score (nSPS) is 8.89. The Hall–Kier alpha value is -0.861. The monoisotopic (exact) mass is 308 g/mol. The van der Waals surface area contributed by atoms with Gasteiger partial charge in [-0.25, -0.2) is 12.1 Å². The van der Waals surface area contributed by atoms with E-state index in [9.17, 15) is 5.11 Å². The molecule has 0 amide bonds. The standard InChI is InChI=1S/C8H11O.C5H5.CHClO.Fe/c1-8(2,9)7-5-3-4-6-7;1-2-4-5-3-1;2-1-3;/h3-6,9H,1-2H3;1-5H;1H;/q-1;-5;;. The molecule has 4 heteroatoms. The first-order chi connectivity index (χ1) is 8.02. The van der Waals surface area contributed by atoms with Gasteiger partial charge in [0.25, 0.3) is 0 Å². The van der Waals surface area contributed by atoms with Crippen LogP contribution < -0.4 is 0 Å². The van der Waals surface area contributed by atoms with Crippen LogP contribution in [0.5, 0.6) is 0 Å². The molecule has 1 N–H and O–H groups in total. The van der Waals surface area contributed by atoms with Crippen LogP contribution in [0.4, 0.5) is 0 Å². The molecule has 106 valence electrons. The molecule has 2 aromatic rings. The largest absolute Gasteiger partial charge is 0.748 e. The van der Waals surface area contributed by atoms with Gasteiger partial charge in [0.05, 0.1) is 0 Å². The Bertz CT molecular complexity index is 344. The van der Waals surface area contributed by atoms with Gasteiger partial charge in [0.1, 0.15) is 0 Å². The minimum absolute atomic E-state index is 0. The summed E-state index contributed by atoms with van der Waals surface area (Å²) in [6.45, 7) is 3.56. The summed E-state index contributed by atoms with van der Waals surface area (Å²) in [5, 5.41) is 9.38. The fraction of sp³-hybridized carbons (Fsp3) is 0.214. The third kappa shape index (κ3) is 10.3. The van der Waals surface area contributed by atoms with E-state index in [2.05, 4.69) is 11.6 Å². The molecule has 18 heavy (non-hydrogen) atoms. The molecule has 0 aromatic heterocycles. The Morgan fingerprint density at radius 2 is 1.39 bits per heavy atom. The van der Waals surface area contributed by atoms with Gasteiger partial charge in [0.15, 0.2) is 0 Å². The predicted molar refractivity (Wildman–Crippen MR) is 71.9 cm³/mol. The summed E-state index contributed by atoms with van der Waals surface area (Å²) in [7, 11) is 0. The summed E-state index contributed by atoms with van der Waals surface area (Å²) in [6, 6.07) is 17.7. The fourth-order valence-electron chi connectivity index (χ4n) is 1.10. The zero-order valence-corrected chi connectivity index (χ0v) is 12.2. The van der Waals surface area contributed by atoms with Crippen LogP contribution >= 0.6 is 11.6 Å². The molecule has 0 aliphatic rings. The Morgan fingerprint density at radius 1 is 1.11 bits per heavy atom. The molecule has 2 aromatic carbocycles. The number of hydrogen-bond donors (Lipinski definition) is 1. The topological polar surface area (TPSA) is 37.3 Å². The summed E-state index contributed by atoms with van der Waals surface area (Å²) >= 11 is 4.32. The van der Waals surface area contributed by atoms with Crippen molar-refractivity contribution in [3.63, 3.8) is 0 Å². The van der Waals surface area contributed by atoms with E-state index >= 15 is 0 Å². The van der Waals surface area contributed by atoms with Crippen molar-refractivity contribution < 1.29 is 27.0 Å². The average molecular weight is 309 g/mol. The Balaban J connectivity index is 0. The van der Waals surface area contributed by atoms with Crippen LogP contribution in [-0.4, -0.2) is 10.9 Å². The molecule has 0 spiro atoms. The van der Waals surface area contributed by atoms with Crippen molar-refractivity contribution in [3.05, 3.63) is 60.2 Å². The predicted octanol–water partition coefficient (Wildman–Crippen LogP) is 3.45. The molecular weight excluding hydrogens is 291 g/mol. The number of halogens is 1. The molecule has 0 aliphatic carbocycles. The summed E-state index contributed by atoms with van der Waals surface area (Å²) in [6.07, 6.45) is 0. The van der Waals surface area contributed by atoms with Crippen LogP contribution in [0.2, 0.25) is 0 Å². The summed E-state index contributed by atoms with van der Waals surface area (Å²) in [4.78, 5) is 8.57. The first-order valence-corrected chi connectivity index (χ1v) is 5.61. The summed E-state index contributed by atoms with van der Waals surface area (Å²) < 4.78 is 0. The minimum atomic E-state index is -0.677. The van der Waals surface area contributed by atoms with Gasteiger partial charge in [-0.3, -0.25) is 4.79 Å². The SMILES string of the molecule is CC(C)(O)[c-]1cccc1.O=CCl.[Fe].[cH-]1[cH-][cH-][cH-][cH-]1. The second kappa shape index (κ2) is 11.2. The maximum absolute atomic E-state index is 9.38. The van der Waals surface area contributed by atoms with Crippen molar-refractivity contribution >= 4 is 17.3 Å². The van der Waals surface area contributed by atoms with Gasteiger partial charge in [0.2, 0.25) is 5.75 Å². The van der Waals surface area contributed by atoms with Gasteiger partial charge in [-0.1, -0.05) is 0 Å².